The summed E-state index contributed by atoms with van der Waals surface area (Å²) in [7, 11) is 0. The summed E-state index contributed by atoms with van der Waals surface area (Å²) in [6.07, 6.45) is 11.8. The Morgan fingerprint density at radius 3 is 2.29 bits per heavy atom. The van der Waals surface area contributed by atoms with E-state index in [2.05, 4.69) is 51.1 Å². The van der Waals surface area contributed by atoms with Crippen molar-refractivity contribution >= 4 is 37.0 Å². The molecule has 0 heterocycles. The third kappa shape index (κ3) is 4.24. The Bertz CT molecular complexity index is 573. The molecule has 0 bridgehead atoms. The number of fused-ring (bicyclic) bond motifs is 1. The van der Waals surface area contributed by atoms with Crippen LogP contribution in [0.2, 0.25) is 0 Å². The van der Waals surface area contributed by atoms with Gasteiger partial charge in [0.1, 0.15) is 0 Å². The minimum absolute atomic E-state index is 0. The molecular formula is C18H25Cl2Zr-. The summed E-state index contributed by atoms with van der Waals surface area (Å²) < 4.78 is 0. The molecule has 3 rings (SSSR count). The van der Waals surface area contributed by atoms with Crippen LogP contribution in [0.3, 0.4) is 0 Å². The van der Waals surface area contributed by atoms with Crippen molar-refractivity contribution in [2.45, 2.75) is 46.5 Å². The van der Waals surface area contributed by atoms with Crippen LogP contribution in [0.15, 0.2) is 18.2 Å². The van der Waals surface area contributed by atoms with Gasteiger partial charge in [0, 0.05) is 26.2 Å². The van der Waals surface area contributed by atoms with Gasteiger partial charge in [-0.05, 0) is 11.8 Å². The van der Waals surface area contributed by atoms with Crippen LogP contribution < -0.4 is 10.4 Å². The Hall–Kier alpha value is 0.423. The molecule has 1 aromatic rings. The molecule has 3 heteroatoms. The quantitative estimate of drug-likeness (QED) is 0.619. The van der Waals surface area contributed by atoms with Crippen LogP contribution in [-0.4, -0.2) is 0 Å². The molecule has 0 amide bonds. The Morgan fingerprint density at radius 1 is 1.10 bits per heavy atom. The first-order valence-electron chi connectivity index (χ1n) is 7.32. The van der Waals surface area contributed by atoms with Gasteiger partial charge in [0.2, 0.25) is 0 Å². The van der Waals surface area contributed by atoms with Crippen LogP contribution in [0.25, 0.3) is 12.2 Å². The number of halogens is 2. The largest absolute Gasteiger partial charge is 0.191 e. The van der Waals surface area contributed by atoms with E-state index in [-0.39, 0.29) is 56.4 Å². The number of benzene rings is 1. The van der Waals surface area contributed by atoms with Crippen LogP contribution in [0, 0.1) is 24.2 Å². The van der Waals surface area contributed by atoms with E-state index in [0.717, 1.165) is 11.8 Å². The molecule has 1 saturated carbocycles. The predicted molar refractivity (Wildman–Crippen MR) is 92.0 cm³/mol. The van der Waals surface area contributed by atoms with Crippen molar-refractivity contribution in [3.63, 3.8) is 0 Å². The summed E-state index contributed by atoms with van der Waals surface area (Å²) in [5.74, 6) is 1.72. The maximum absolute atomic E-state index is 3.81. The van der Waals surface area contributed by atoms with Gasteiger partial charge in [-0.25, -0.2) is 0 Å². The first-order valence-corrected chi connectivity index (χ1v) is 7.32. The molecule has 1 atom stereocenters. The number of hydrogen-bond donors (Lipinski definition) is 0. The number of aryl methyl sites for hydroxylation is 1. The zero-order valence-corrected chi connectivity index (χ0v) is 17.2. The zero-order chi connectivity index (χ0) is 12.8. The van der Waals surface area contributed by atoms with Crippen molar-refractivity contribution in [1.82, 2.24) is 0 Å². The monoisotopic (exact) mass is 401 g/mol. The maximum atomic E-state index is 3.81. The van der Waals surface area contributed by atoms with E-state index >= 15 is 0 Å². The van der Waals surface area contributed by atoms with E-state index < -0.39 is 0 Å². The number of hydrogen-bond acceptors (Lipinski definition) is 0. The van der Waals surface area contributed by atoms with E-state index in [0.29, 0.717) is 0 Å². The second-order valence-corrected chi connectivity index (χ2v) is 6.55. The SMILES string of the molecule is Cc1cccc2c1=[C-]C(C)(C1CCC(C)CC1)C=2.Cl.Cl.[Zr]. The van der Waals surface area contributed by atoms with Crippen LogP contribution in [0.5, 0.6) is 0 Å². The summed E-state index contributed by atoms with van der Waals surface area (Å²) in [6, 6.07) is 6.61. The first-order chi connectivity index (χ1) is 8.58. The third-order valence-electron chi connectivity index (χ3n) is 5.02. The first kappa shape index (κ1) is 21.4. The minimum atomic E-state index is 0. The van der Waals surface area contributed by atoms with Crippen molar-refractivity contribution < 1.29 is 26.2 Å². The van der Waals surface area contributed by atoms with Gasteiger partial charge in [0.15, 0.2) is 0 Å². The molecule has 0 aliphatic heterocycles. The molecule has 2 aliphatic carbocycles. The molecule has 0 radical (unpaired) electrons. The van der Waals surface area contributed by atoms with Crippen LogP contribution in [0.1, 0.15) is 45.1 Å². The standard InChI is InChI=1S/C18H23.2ClH.Zr/c1-13-7-9-16(10-8-13)18(3)11-15-6-4-5-14(2)17(15)12-18;;;/h4-6,11,13,16H,7-10H2,1-3H3;2*1H;/q-1;;;. The molecular weight excluding hydrogens is 378 g/mol. The van der Waals surface area contributed by atoms with Crippen molar-refractivity contribution in [1.29, 1.82) is 0 Å². The van der Waals surface area contributed by atoms with Crippen molar-refractivity contribution in [2.24, 2.45) is 17.3 Å². The maximum Gasteiger partial charge on any atom is 0 e. The molecule has 0 saturated heterocycles. The van der Waals surface area contributed by atoms with Gasteiger partial charge in [-0.15, -0.1) is 48.2 Å². The summed E-state index contributed by atoms with van der Waals surface area (Å²) in [6.45, 7) is 6.98. The smallest absolute Gasteiger partial charge is 0 e. The summed E-state index contributed by atoms with van der Waals surface area (Å²) in [4.78, 5) is 0. The fourth-order valence-electron chi connectivity index (χ4n) is 3.69. The molecule has 1 aromatic carbocycles. The Kier molecular flexibility index (Phi) is 8.49. The third-order valence-corrected chi connectivity index (χ3v) is 5.02. The molecule has 0 aromatic heterocycles. The van der Waals surface area contributed by atoms with Crippen molar-refractivity contribution in [2.75, 3.05) is 0 Å². The fourth-order valence-corrected chi connectivity index (χ4v) is 3.69. The molecule has 1 fully saturated rings. The Morgan fingerprint density at radius 2 is 1.71 bits per heavy atom. The molecule has 2 aliphatic rings. The van der Waals surface area contributed by atoms with Crippen LogP contribution in [0.4, 0.5) is 0 Å². The van der Waals surface area contributed by atoms with Crippen LogP contribution in [-0.2, 0) is 26.2 Å². The second kappa shape index (κ2) is 8.32. The molecule has 1 unspecified atom stereocenters. The van der Waals surface area contributed by atoms with Gasteiger partial charge in [0.05, 0.1) is 0 Å². The van der Waals surface area contributed by atoms with Gasteiger partial charge in [-0.1, -0.05) is 57.9 Å². The van der Waals surface area contributed by atoms with Crippen LogP contribution >= 0.6 is 24.8 Å². The molecule has 0 N–H and O–H groups in total. The Labute approximate surface area is 160 Å². The molecule has 21 heavy (non-hydrogen) atoms. The van der Waals surface area contributed by atoms with Gasteiger partial charge in [-0.2, -0.15) is 16.9 Å². The molecule has 0 spiro atoms. The zero-order valence-electron chi connectivity index (χ0n) is 13.1. The molecule has 116 valence electrons. The predicted octanol–water partition coefficient (Wildman–Crippen LogP) is 4.12. The normalized spacial score (nSPS) is 29.7. The average molecular weight is 404 g/mol. The minimum Gasteiger partial charge on any atom is -0.191 e. The van der Waals surface area contributed by atoms with Crippen molar-refractivity contribution in [3.05, 3.63) is 34.2 Å². The van der Waals surface area contributed by atoms with E-state index in [9.17, 15) is 0 Å². The van der Waals surface area contributed by atoms with E-state index in [1.54, 1.807) is 0 Å². The number of rotatable bonds is 1. The van der Waals surface area contributed by atoms with E-state index in [1.165, 1.54) is 41.7 Å². The topological polar surface area (TPSA) is 0 Å². The summed E-state index contributed by atoms with van der Waals surface area (Å²) in [5.41, 5.74) is 1.55. The summed E-state index contributed by atoms with van der Waals surface area (Å²) in [5, 5.41) is 2.76. The molecule has 0 nitrogen and oxygen atoms in total. The Balaban J connectivity index is 0.00000133. The fraction of sp³-hybridized carbons (Fsp3) is 0.556. The average Bonchev–Trinajstić information content (AvgIpc) is 2.69. The van der Waals surface area contributed by atoms with Gasteiger partial charge >= 0.3 is 0 Å². The van der Waals surface area contributed by atoms with Gasteiger partial charge < -0.3 is 0 Å². The van der Waals surface area contributed by atoms with E-state index in [4.69, 9.17) is 0 Å². The van der Waals surface area contributed by atoms with E-state index in [1.807, 2.05) is 0 Å². The van der Waals surface area contributed by atoms with Crippen molar-refractivity contribution in [3.8, 4) is 0 Å². The second-order valence-electron chi connectivity index (χ2n) is 6.55. The van der Waals surface area contributed by atoms with Gasteiger partial charge in [0.25, 0.3) is 0 Å². The van der Waals surface area contributed by atoms with Gasteiger partial charge in [-0.3, -0.25) is 0 Å². The summed E-state index contributed by atoms with van der Waals surface area (Å²) >= 11 is 0.